The molecule has 0 aliphatic rings. The van der Waals surface area contributed by atoms with E-state index in [4.69, 9.17) is 11.6 Å². The van der Waals surface area contributed by atoms with Crippen molar-refractivity contribution in [2.75, 3.05) is 0 Å². The van der Waals surface area contributed by atoms with Crippen LogP contribution in [0.3, 0.4) is 0 Å². The molecule has 0 spiro atoms. The number of aromatic nitrogens is 2. The van der Waals surface area contributed by atoms with Crippen LogP contribution in [0.2, 0.25) is 5.15 Å². The van der Waals surface area contributed by atoms with Crippen LogP contribution in [0.25, 0.3) is 0 Å². The lowest BCUT2D eigenvalue weighted by Gasteiger charge is -2.20. The molecule has 26 heavy (non-hydrogen) atoms. The molecule has 5 heteroatoms. The van der Waals surface area contributed by atoms with Crippen LogP contribution in [0.4, 0.5) is 0 Å². The Morgan fingerprint density at radius 1 is 0.962 bits per heavy atom. The summed E-state index contributed by atoms with van der Waals surface area (Å²) in [7, 11) is 1.89. The largest absolute Gasteiger partial charge is 0.302 e. The predicted octanol–water partition coefficient (Wildman–Crippen LogP) is 5.50. The lowest BCUT2D eigenvalue weighted by molar-refractivity contribution is 0.599. The van der Waals surface area contributed by atoms with Gasteiger partial charge < -0.3 is 5.32 Å². The van der Waals surface area contributed by atoms with Gasteiger partial charge in [-0.1, -0.05) is 86.1 Å². The van der Waals surface area contributed by atoms with E-state index < -0.39 is 0 Å². The summed E-state index contributed by atoms with van der Waals surface area (Å²) < 4.78 is 1.76. The molecule has 3 aromatic rings. The minimum absolute atomic E-state index is 0. The highest BCUT2D eigenvalue weighted by Gasteiger charge is 2.19. The average Bonchev–Trinajstić information content (AvgIpc) is 2.92. The van der Waals surface area contributed by atoms with Crippen LogP contribution < -0.4 is 5.32 Å². The summed E-state index contributed by atoms with van der Waals surface area (Å²) in [6, 6.07) is 21.1. The van der Waals surface area contributed by atoms with Crippen LogP contribution in [0.1, 0.15) is 48.2 Å². The first-order valence-electron chi connectivity index (χ1n) is 8.62. The highest BCUT2D eigenvalue weighted by molar-refractivity contribution is 6.30. The molecule has 3 nitrogen and oxygen atoms in total. The van der Waals surface area contributed by atoms with Crippen LogP contribution in [0.15, 0.2) is 60.7 Å². The molecule has 0 radical (unpaired) electrons. The quantitative estimate of drug-likeness (QED) is 0.603. The van der Waals surface area contributed by atoms with E-state index >= 15 is 0 Å². The number of hydrogen-bond donors (Lipinski definition) is 1. The number of benzene rings is 2. The Morgan fingerprint density at radius 3 is 1.92 bits per heavy atom. The van der Waals surface area contributed by atoms with Gasteiger partial charge in [-0.15, -0.1) is 12.4 Å². The maximum atomic E-state index is 6.49. The Balaban J connectivity index is 0.00000243. The zero-order chi connectivity index (χ0) is 17.8. The van der Waals surface area contributed by atoms with Crippen LogP contribution in [-0.4, -0.2) is 9.78 Å². The summed E-state index contributed by atoms with van der Waals surface area (Å²) in [5.74, 6) is 0.336. The molecule has 0 atom stereocenters. The van der Waals surface area contributed by atoms with E-state index in [2.05, 4.69) is 72.8 Å². The van der Waals surface area contributed by atoms with Crippen molar-refractivity contribution in [2.45, 2.75) is 32.4 Å². The first kappa shape index (κ1) is 20.5. The first-order chi connectivity index (χ1) is 12.1. The Hall–Kier alpha value is -1.81. The molecular formula is C21H25Cl2N3. The fourth-order valence-corrected chi connectivity index (χ4v) is 3.32. The summed E-state index contributed by atoms with van der Waals surface area (Å²) in [6.07, 6.45) is 0. The fourth-order valence-electron chi connectivity index (χ4n) is 3.12. The molecule has 0 aliphatic heterocycles. The Morgan fingerprint density at radius 2 is 1.46 bits per heavy atom. The third-order valence-corrected chi connectivity index (χ3v) is 4.87. The van der Waals surface area contributed by atoms with Gasteiger partial charge in [-0.05, 0) is 17.0 Å². The second kappa shape index (κ2) is 9.22. The number of nitrogens with one attached hydrogen (secondary N) is 1. The first-order valence-corrected chi connectivity index (χ1v) is 9.00. The third kappa shape index (κ3) is 4.47. The van der Waals surface area contributed by atoms with Gasteiger partial charge >= 0.3 is 0 Å². The van der Waals surface area contributed by atoms with Gasteiger partial charge in [0, 0.05) is 19.2 Å². The van der Waals surface area contributed by atoms with Crippen molar-refractivity contribution < 1.29 is 0 Å². The molecule has 1 aromatic heterocycles. The normalized spacial score (nSPS) is 11.0. The van der Waals surface area contributed by atoms with E-state index in [1.807, 2.05) is 19.2 Å². The van der Waals surface area contributed by atoms with Crippen molar-refractivity contribution in [3.63, 3.8) is 0 Å². The van der Waals surface area contributed by atoms with Crippen molar-refractivity contribution >= 4 is 24.0 Å². The van der Waals surface area contributed by atoms with Crippen LogP contribution >= 0.6 is 24.0 Å². The van der Waals surface area contributed by atoms with Crippen molar-refractivity contribution in [3.05, 3.63) is 88.2 Å². The van der Waals surface area contributed by atoms with Gasteiger partial charge in [0.1, 0.15) is 5.15 Å². The molecule has 3 rings (SSSR count). The van der Waals surface area contributed by atoms with Gasteiger partial charge in [0.15, 0.2) is 0 Å². The number of hydrogen-bond acceptors (Lipinski definition) is 2. The average molecular weight is 390 g/mol. The van der Waals surface area contributed by atoms with E-state index in [0.29, 0.717) is 17.6 Å². The molecule has 1 heterocycles. The highest BCUT2D eigenvalue weighted by atomic mass is 35.5. The Bertz CT molecular complexity index is 775. The molecule has 0 amide bonds. The van der Waals surface area contributed by atoms with Crippen molar-refractivity contribution in [1.82, 2.24) is 15.1 Å². The smallest absolute Gasteiger partial charge is 0.131 e. The van der Waals surface area contributed by atoms with Crippen molar-refractivity contribution in [3.8, 4) is 0 Å². The lowest BCUT2D eigenvalue weighted by atomic mass is 9.98. The molecule has 0 bridgehead atoms. The Kier molecular flexibility index (Phi) is 7.27. The summed E-state index contributed by atoms with van der Waals surface area (Å²) in [6.45, 7) is 4.97. The van der Waals surface area contributed by atoms with E-state index in [1.54, 1.807) is 4.68 Å². The zero-order valence-electron chi connectivity index (χ0n) is 15.3. The van der Waals surface area contributed by atoms with Gasteiger partial charge in [0.2, 0.25) is 0 Å². The van der Waals surface area contributed by atoms with Crippen LogP contribution in [-0.2, 0) is 13.6 Å². The van der Waals surface area contributed by atoms with E-state index in [0.717, 1.165) is 11.3 Å². The molecular weight excluding hydrogens is 365 g/mol. The minimum atomic E-state index is 0. The van der Waals surface area contributed by atoms with Gasteiger partial charge in [-0.25, -0.2) is 0 Å². The number of nitrogens with zero attached hydrogens (tertiary/aromatic N) is 2. The van der Waals surface area contributed by atoms with Gasteiger partial charge in [-0.3, -0.25) is 4.68 Å². The number of aryl methyl sites for hydroxylation is 1. The van der Waals surface area contributed by atoms with Crippen LogP contribution in [0.5, 0.6) is 0 Å². The standard InChI is InChI=1S/C21H24ClN3.ClH/c1-15(2)19-18(21(22)25(3)24-19)14-23-20(16-10-6-4-7-11-16)17-12-8-5-9-13-17;/h4-13,15,20,23H,14H2,1-3H3;1H. The maximum Gasteiger partial charge on any atom is 0.131 e. The summed E-state index contributed by atoms with van der Waals surface area (Å²) >= 11 is 6.49. The lowest BCUT2D eigenvalue weighted by Crippen LogP contribution is -2.22. The number of halogens is 2. The molecule has 2 aromatic carbocycles. The number of rotatable bonds is 6. The highest BCUT2D eigenvalue weighted by Crippen LogP contribution is 2.27. The minimum Gasteiger partial charge on any atom is -0.302 e. The summed E-state index contributed by atoms with van der Waals surface area (Å²) in [4.78, 5) is 0. The Labute approximate surface area is 166 Å². The second-order valence-electron chi connectivity index (χ2n) is 6.57. The van der Waals surface area contributed by atoms with Gasteiger partial charge in [0.05, 0.1) is 11.7 Å². The molecule has 0 aliphatic carbocycles. The molecule has 138 valence electrons. The monoisotopic (exact) mass is 389 g/mol. The third-order valence-electron chi connectivity index (χ3n) is 4.40. The SMILES string of the molecule is CC(C)c1nn(C)c(Cl)c1CNC(c1ccccc1)c1ccccc1.Cl. The second-order valence-corrected chi connectivity index (χ2v) is 6.93. The molecule has 0 fully saturated rings. The van der Waals surface area contributed by atoms with Crippen LogP contribution in [0, 0.1) is 0 Å². The van der Waals surface area contributed by atoms with E-state index in [1.165, 1.54) is 11.1 Å². The molecule has 1 N–H and O–H groups in total. The summed E-state index contributed by atoms with van der Waals surface area (Å²) in [5, 5.41) is 8.96. The predicted molar refractivity (Wildman–Crippen MR) is 111 cm³/mol. The van der Waals surface area contributed by atoms with Gasteiger partial charge in [0.25, 0.3) is 0 Å². The van der Waals surface area contributed by atoms with Crippen molar-refractivity contribution in [2.24, 2.45) is 7.05 Å². The maximum absolute atomic E-state index is 6.49. The fraction of sp³-hybridized carbons (Fsp3) is 0.286. The molecule has 0 saturated heterocycles. The molecule has 0 unspecified atom stereocenters. The van der Waals surface area contributed by atoms with Gasteiger partial charge in [-0.2, -0.15) is 5.10 Å². The topological polar surface area (TPSA) is 29.9 Å². The van der Waals surface area contributed by atoms with E-state index in [-0.39, 0.29) is 18.4 Å². The van der Waals surface area contributed by atoms with Crippen molar-refractivity contribution in [1.29, 1.82) is 0 Å². The molecule has 0 saturated carbocycles. The zero-order valence-corrected chi connectivity index (χ0v) is 16.9. The van der Waals surface area contributed by atoms with E-state index in [9.17, 15) is 0 Å². The summed E-state index contributed by atoms with van der Waals surface area (Å²) in [5.41, 5.74) is 4.61.